The number of hydrogen-bond acceptors (Lipinski definition) is 3. The lowest BCUT2D eigenvalue weighted by molar-refractivity contribution is -0.132. The lowest BCUT2D eigenvalue weighted by Crippen LogP contribution is -2.44. The van der Waals surface area contributed by atoms with Gasteiger partial charge >= 0.3 is 0 Å². The summed E-state index contributed by atoms with van der Waals surface area (Å²) in [6.45, 7) is 3.95. The highest BCUT2D eigenvalue weighted by atomic mass is 35.5. The second kappa shape index (κ2) is 4.70. The smallest absolute Gasteiger partial charge is 0.240 e. The lowest BCUT2D eigenvalue weighted by Gasteiger charge is -2.27. The average Bonchev–Trinajstić information content (AvgIpc) is 2.47. The SMILES string of the molecule is CCN(C(=O)[C@H](C)Cl)[C@H]1CCS(=O)(=O)C1. The Hall–Kier alpha value is -0.290. The van der Waals surface area contributed by atoms with Gasteiger partial charge in [0.25, 0.3) is 0 Å². The number of hydrogen-bond donors (Lipinski definition) is 0. The minimum absolute atomic E-state index is 0.0796. The molecule has 6 heteroatoms. The van der Waals surface area contributed by atoms with Gasteiger partial charge in [-0.05, 0) is 20.3 Å². The van der Waals surface area contributed by atoms with Crippen LogP contribution in [0.25, 0.3) is 0 Å². The minimum atomic E-state index is -2.95. The predicted octanol–water partition coefficient (Wildman–Crippen LogP) is 0.649. The lowest BCUT2D eigenvalue weighted by atomic mass is 10.2. The first-order chi connectivity index (χ1) is 6.87. The molecule has 1 aliphatic rings. The summed E-state index contributed by atoms with van der Waals surface area (Å²) in [6, 6.07) is -0.186. The maximum Gasteiger partial charge on any atom is 0.240 e. The monoisotopic (exact) mass is 253 g/mol. The fourth-order valence-electron chi connectivity index (χ4n) is 1.84. The summed E-state index contributed by atoms with van der Waals surface area (Å²) in [7, 11) is -2.95. The van der Waals surface area contributed by atoms with Crippen LogP contribution in [-0.2, 0) is 14.6 Å². The molecule has 0 radical (unpaired) electrons. The van der Waals surface area contributed by atoms with Gasteiger partial charge in [-0.3, -0.25) is 4.79 Å². The highest BCUT2D eigenvalue weighted by molar-refractivity contribution is 7.91. The zero-order valence-corrected chi connectivity index (χ0v) is 10.5. The largest absolute Gasteiger partial charge is 0.338 e. The topological polar surface area (TPSA) is 54.5 Å². The Morgan fingerprint density at radius 3 is 2.53 bits per heavy atom. The van der Waals surface area contributed by atoms with Crippen LogP contribution in [0.2, 0.25) is 0 Å². The van der Waals surface area contributed by atoms with Crippen molar-refractivity contribution in [3.63, 3.8) is 0 Å². The van der Waals surface area contributed by atoms with Crippen molar-refractivity contribution in [2.75, 3.05) is 18.1 Å². The molecule has 1 saturated heterocycles. The Balaban J connectivity index is 2.73. The number of sulfone groups is 1. The molecule has 0 N–H and O–H groups in total. The number of rotatable bonds is 3. The van der Waals surface area contributed by atoms with Crippen LogP contribution in [0.5, 0.6) is 0 Å². The zero-order valence-electron chi connectivity index (χ0n) is 8.94. The summed E-state index contributed by atoms with van der Waals surface area (Å²) in [5.74, 6) is 0.0789. The molecule has 0 aromatic carbocycles. The number of halogens is 1. The van der Waals surface area contributed by atoms with Crippen LogP contribution in [-0.4, -0.2) is 48.7 Å². The molecule has 0 aromatic rings. The van der Waals surface area contributed by atoms with E-state index in [4.69, 9.17) is 11.6 Å². The highest BCUT2D eigenvalue weighted by Gasteiger charge is 2.34. The molecule has 1 fully saturated rings. The maximum atomic E-state index is 11.7. The van der Waals surface area contributed by atoms with Crippen molar-refractivity contribution in [1.29, 1.82) is 0 Å². The standard InChI is InChI=1S/C9H16ClNO3S/c1-3-11(9(12)7(2)10)8-4-5-15(13,14)6-8/h7-8H,3-6H2,1-2H3/t7-,8-/m0/s1. The Morgan fingerprint density at radius 1 is 1.60 bits per heavy atom. The van der Waals surface area contributed by atoms with Crippen molar-refractivity contribution >= 4 is 27.3 Å². The van der Waals surface area contributed by atoms with Gasteiger partial charge in [-0.2, -0.15) is 0 Å². The van der Waals surface area contributed by atoms with Gasteiger partial charge < -0.3 is 4.90 Å². The Bertz CT molecular complexity index is 339. The number of alkyl halides is 1. The molecule has 0 unspecified atom stereocenters. The predicted molar refractivity (Wildman–Crippen MR) is 59.8 cm³/mol. The summed E-state index contributed by atoms with van der Waals surface area (Å²) in [6.07, 6.45) is 0.533. The fourth-order valence-corrected chi connectivity index (χ4v) is 3.70. The molecule has 0 bridgehead atoms. The fraction of sp³-hybridized carbons (Fsp3) is 0.889. The maximum absolute atomic E-state index is 11.7. The van der Waals surface area contributed by atoms with Crippen LogP contribution >= 0.6 is 11.6 Å². The molecule has 1 rings (SSSR count). The number of carbonyl (C=O) groups excluding carboxylic acids is 1. The molecule has 1 heterocycles. The van der Waals surface area contributed by atoms with E-state index in [1.165, 1.54) is 0 Å². The van der Waals surface area contributed by atoms with Gasteiger partial charge in [0.2, 0.25) is 5.91 Å². The summed E-state index contributed by atoms with van der Waals surface area (Å²) in [4.78, 5) is 13.2. The molecule has 0 aromatic heterocycles. The first kappa shape index (κ1) is 12.8. The van der Waals surface area contributed by atoms with Gasteiger partial charge in [0.15, 0.2) is 9.84 Å². The van der Waals surface area contributed by atoms with Gasteiger partial charge in [0, 0.05) is 12.6 Å². The molecule has 2 atom stereocenters. The number of nitrogens with zero attached hydrogens (tertiary/aromatic N) is 1. The number of amides is 1. The molecule has 4 nitrogen and oxygen atoms in total. The second-order valence-electron chi connectivity index (χ2n) is 3.80. The van der Waals surface area contributed by atoms with E-state index >= 15 is 0 Å². The Labute approximate surface area is 95.5 Å². The highest BCUT2D eigenvalue weighted by Crippen LogP contribution is 2.19. The van der Waals surface area contributed by atoms with E-state index in [0.29, 0.717) is 13.0 Å². The van der Waals surface area contributed by atoms with Gasteiger partial charge in [0.1, 0.15) is 5.38 Å². The van der Waals surface area contributed by atoms with Crippen molar-refractivity contribution in [3.05, 3.63) is 0 Å². The summed E-state index contributed by atoms with van der Waals surface area (Å²) >= 11 is 5.71. The molecule has 0 spiro atoms. The van der Waals surface area contributed by atoms with Crippen LogP contribution in [0.1, 0.15) is 20.3 Å². The van der Waals surface area contributed by atoms with E-state index in [2.05, 4.69) is 0 Å². The third kappa shape index (κ3) is 3.08. The molecule has 88 valence electrons. The molecule has 0 saturated carbocycles. The van der Waals surface area contributed by atoms with E-state index in [0.717, 1.165) is 0 Å². The van der Waals surface area contributed by atoms with Crippen LogP contribution in [0.15, 0.2) is 0 Å². The van der Waals surface area contributed by atoms with Crippen molar-refractivity contribution in [2.45, 2.75) is 31.7 Å². The van der Waals surface area contributed by atoms with Crippen LogP contribution in [0, 0.1) is 0 Å². The van der Waals surface area contributed by atoms with Gasteiger partial charge in [-0.25, -0.2) is 8.42 Å². The van der Waals surface area contributed by atoms with Crippen molar-refractivity contribution in [1.82, 2.24) is 4.90 Å². The molecule has 0 aliphatic carbocycles. The zero-order chi connectivity index (χ0) is 11.6. The third-order valence-corrected chi connectivity index (χ3v) is 4.55. The van der Waals surface area contributed by atoms with E-state index in [9.17, 15) is 13.2 Å². The van der Waals surface area contributed by atoms with E-state index < -0.39 is 15.2 Å². The van der Waals surface area contributed by atoms with Crippen LogP contribution in [0.3, 0.4) is 0 Å². The summed E-state index contributed by atoms with van der Waals surface area (Å²) < 4.78 is 22.6. The van der Waals surface area contributed by atoms with Gasteiger partial charge in [-0.1, -0.05) is 0 Å². The number of carbonyl (C=O) groups is 1. The third-order valence-electron chi connectivity index (χ3n) is 2.61. The summed E-state index contributed by atoms with van der Waals surface area (Å²) in [5.41, 5.74) is 0. The van der Waals surface area contributed by atoms with Gasteiger partial charge in [0.05, 0.1) is 11.5 Å². The van der Waals surface area contributed by atoms with Crippen molar-refractivity contribution < 1.29 is 13.2 Å². The van der Waals surface area contributed by atoms with Crippen LogP contribution < -0.4 is 0 Å². The van der Waals surface area contributed by atoms with E-state index in [1.807, 2.05) is 6.92 Å². The molecule has 1 aliphatic heterocycles. The molecule has 1 amide bonds. The molecule has 15 heavy (non-hydrogen) atoms. The average molecular weight is 254 g/mol. The van der Waals surface area contributed by atoms with Crippen LogP contribution in [0.4, 0.5) is 0 Å². The first-order valence-corrected chi connectivity index (χ1v) is 7.28. The molecular weight excluding hydrogens is 238 g/mol. The normalized spacial score (nSPS) is 26.2. The Morgan fingerprint density at radius 2 is 2.20 bits per heavy atom. The first-order valence-electron chi connectivity index (χ1n) is 5.02. The second-order valence-corrected chi connectivity index (χ2v) is 6.68. The van der Waals surface area contributed by atoms with Crippen molar-refractivity contribution in [3.8, 4) is 0 Å². The van der Waals surface area contributed by atoms with Gasteiger partial charge in [-0.15, -0.1) is 11.6 Å². The molecular formula is C9H16ClNO3S. The van der Waals surface area contributed by atoms with Crippen molar-refractivity contribution in [2.24, 2.45) is 0 Å². The summed E-state index contributed by atoms with van der Waals surface area (Å²) in [5, 5.41) is -0.590. The minimum Gasteiger partial charge on any atom is -0.338 e. The quantitative estimate of drug-likeness (QED) is 0.694. The van der Waals surface area contributed by atoms with E-state index in [1.54, 1.807) is 11.8 Å². The van der Waals surface area contributed by atoms with E-state index in [-0.39, 0.29) is 23.5 Å². The Kier molecular flexibility index (Phi) is 4.00.